The summed E-state index contributed by atoms with van der Waals surface area (Å²) >= 11 is 0. The minimum absolute atomic E-state index is 0.0177. The summed E-state index contributed by atoms with van der Waals surface area (Å²) in [6, 6.07) is 16.1. The average Bonchev–Trinajstić information content (AvgIpc) is 2.97. The summed E-state index contributed by atoms with van der Waals surface area (Å²) in [5.74, 6) is -0.598. The van der Waals surface area contributed by atoms with Gasteiger partial charge in [-0.05, 0) is 55.0 Å². The highest BCUT2D eigenvalue weighted by Crippen LogP contribution is 2.35. The fourth-order valence-corrected chi connectivity index (χ4v) is 3.77. The van der Waals surface area contributed by atoms with Crippen molar-refractivity contribution in [3.63, 3.8) is 0 Å². The maximum absolute atomic E-state index is 13.3. The molecule has 146 valence electrons. The highest BCUT2D eigenvalue weighted by molar-refractivity contribution is 7.87. The number of ether oxygens (including phenoxy) is 1. The number of rotatable bonds is 4. The van der Waals surface area contributed by atoms with Gasteiger partial charge in [0.2, 0.25) is 5.78 Å². The maximum Gasteiger partial charge on any atom is 0.339 e. The zero-order valence-corrected chi connectivity index (χ0v) is 16.1. The maximum atomic E-state index is 13.3. The van der Waals surface area contributed by atoms with Crippen LogP contribution in [-0.2, 0) is 10.1 Å². The number of carbonyl (C=O) groups is 1. The van der Waals surface area contributed by atoms with E-state index < -0.39 is 15.9 Å². The van der Waals surface area contributed by atoms with E-state index in [2.05, 4.69) is 0 Å². The molecule has 0 N–H and O–H groups in total. The Balaban J connectivity index is 1.60. The van der Waals surface area contributed by atoms with E-state index in [1.807, 2.05) is 6.92 Å². The van der Waals surface area contributed by atoms with Crippen LogP contribution in [0.5, 0.6) is 11.5 Å². The molecular weight excluding hydrogens is 395 g/mol. The van der Waals surface area contributed by atoms with E-state index in [4.69, 9.17) is 8.92 Å². The second-order valence-electron chi connectivity index (χ2n) is 6.50. The second kappa shape index (κ2) is 7.18. The third-order valence-corrected chi connectivity index (χ3v) is 5.56. The van der Waals surface area contributed by atoms with Gasteiger partial charge in [0.1, 0.15) is 22.2 Å². The van der Waals surface area contributed by atoms with Crippen LogP contribution in [0.3, 0.4) is 0 Å². The van der Waals surface area contributed by atoms with Crippen LogP contribution in [-0.4, -0.2) is 14.2 Å². The molecule has 3 aromatic carbocycles. The van der Waals surface area contributed by atoms with Crippen molar-refractivity contribution in [2.24, 2.45) is 0 Å². The zero-order chi connectivity index (χ0) is 20.6. The van der Waals surface area contributed by atoms with E-state index >= 15 is 0 Å². The molecule has 0 radical (unpaired) electrons. The lowest BCUT2D eigenvalue weighted by Gasteiger charge is -2.08. The van der Waals surface area contributed by atoms with E-state index in [-0.39, 0.29) is 33.5 Å². The minimum atomic E-state index is -4.02. The van der Waals surface area contributed by atoms with Gasteiger partial charge < -0.3 is 8.92 Å². The molecule has 3 aromatic rings. The number of fused-ring (bicyclic) bond motifs is 1. The number of hydrogen-bond donors (Lipinski definition) is 0. The van der Waals surface area contributed by atoms with Crippen molar-refractivity contribution in [3.05, 3.63) is 95.0 Å². The minimum Gasteiger partial charge on any atom is -0.452 e. The number of benzene rings is 3. The molecule has 1 heterocycles. The normalized spacial score (nSPS) is 14.6. The van der Waals surface area contributed by atoms with Gasteiger partial charge in [-0.25, -0.2) is 4.39 Å². The summed E-state index contributed by atoms with van der Waals surface area (Å²) in [4.78, 5) is 12.5. The third kappa shape index (κ3) is 3.90. The summed E-state index contributed by atoms with van der Waals surface area (Å²) in [6.45, 7) is 1.85. The van der Waals surface area contributed by atoms with Crippen LogP contribution in [0.15, 0.2) is 77.4 Å². The van der Waals surface area contributed by atoms with Gasteiger partial charge in [0, 0.05) is 6.07 Å². The fourth-order valence-electron chi connectivity index (χ4n) is 2.85. The third-order valence-electron chi connectivity index (χ3n) is 4.30. The Kier molecular flexibility index (Phi) is 4.68. The molecule has 0 fully saturated rings. The molecule has 0 bridgehead atoms. The average molecular weight is 410 g/mol. The predicted molar refractivity (Wildman–Crippen MR) is 105 cm³/mol. The van der Waals surface area contributed by atoms with Crippen LogP contribution in [0.2, 0.25) is 0 Å². The van der Waals surface area contributed by atoms with Gasteiger partial charge in [0.15, 0.2) is 5.76 Å². The van der Waals surface area contributed by atoms with E-state index in [0.29, 0.717) is 5.56 Å². The first-order valence-corrected chi connectivity index (χ1v) is 10.1. The molecule has 4 rings (SSSR count). The Hall–Kier alpha value is -3.45. The van der Waals surface area contributed by atoms with Crippen molar-refractivity contribution in [2.45, 2.75) is 11.8 Å². The number of halogens is 1. The van der Waals surface area contributed by atoms with Crippen molar-refractivity contribution in [1.82, 2.24) is 0 Å². The molecule has 7 heteroatoms. The number of Topliss-reactive ketones (excluding diaryl/α,β-unsaturated/α-hetero) is 1. The van der Waals surface area contributed by atoms with Crippen LogP contribution >= 0.6 is 0 Å². The molecule has 0 saturated heterocycles. The monoisotopic (exact) mass is 410 g/mol. The molecule has 0 spiro atoms. The Morgan fingerprint density at radius 2 is 1.76 bits per heavy atom. The van der Waals surface area contributed by atoms with Gasteiger partial charge in [-0.3, -0.25) is 4.79 Å². The van der Waals surface area contributed by atoms with Gasteiger partial charge in [-0.2, -0.15) is 8.42 Å². The summed E-state index contributed by atoms with van der Waals surface area (Å²) < 4.78 is 48.9. The Labute approximate surface area is 167 Å². The van der Waals surface area contributed by atoms with Gasteiger partial charge in [-0.15, -0.1) is 0 Å². The number of ketones is 1. The molecule has 0 atom stereocenters. The first-order chi connectivity index (χ1) is 13.8. The quantitative estimate of drug-likeness (QED) is 0.467. The summed E-state index contributed by atoms with van der Waals surface area (Å²) in [5, 5.41) is 0. The van der Waals surface area contributed by atoms with E-state index in [0.717, 1.165) is 5.56 Å². The Morgan fingerprint density at radius 3 is 2.48 bits per heavy atom. The molecule has 0 saturated carbocycles. The van der Waals surface area contributed by atoms with Crippen LogP contribution in [0.4, 0.5) is 4.39 Å². The Bertz CT molecular complexity index is 1240. The molecule has 0 aliphatic carbocycles. The molecule has 0 aromatic heterocycles. The lowest BCUT2D eigenvalue weighted by Crippen LogP contribution is -2.09. The van der Waals surface area contributed by atoms with E-state index in [1.165, 1.54) is 54.6 Å². The lowest BCUT2D eigenvalue weighted by molar-refractivity contribution is 0.101. The molecule has 5 nitrogen and oxygen atoms in total. The van der Waals surface area contributed by atoms with Crippen LogP contribution < -0.4 is 8.92 Å². The fraction of sp³-hybridized carbons (Fsp3) is 0.0455. The molecule has 0 amide bonds. The van der Waals surface area contributed by atoms with Crippen molar-refractivity contribution >= 4 is 22.0 Å². The standard InChI is InChI=1S/C22H15FO5S/c1-14-5-8-18(9-6-14)29(25,26)28-17-7-10-19-20(13-17)27-21(22(19)24)12-15-3-2-4-16(23)11-15/h2-13H,1H3. The van der Waals surface area contributed by atoms with E-state index in [1.54, 1.807) is 18.2 Å². The van der Waals surface area contributed by atoms with Crippen molar-refractivity contribution in [2.75, 3.05) is 0 Å². The highest BCUT2D eigenvalue weighted by Gasteiger charge is 2.28. The molecule has 29 heavy (non-hydrogen) atoms. The summed E-state index contributed by atoms with van der Waals surface area (Å²) in [5.41, 5.74) is 1.67. The number of allylic oxidation sites excluding steroid dienone is 1. The van der Waals surface area contributed by atoms with Crippen LogP contribution in [0.25, 0.3) is 6.08 Å². The summed E-state index contributed by atoms with van der Waals surface area (Å²) in [6.07, 6.45) is 1.43. The summed E-state index contributed by atoms with van der Waals surface area (Å²) in [7, 11) is -4.02. The van der Waals surface area contributed by atoms with Crippen molar-refractivity contribution < 1.29 is 26.5 Å². The number of carbonyl (C=O) groups excluding carboxylic acids is 1. The van der Waals surface area contributed by atoms with Crippen molar-refractivity contribution in [1.29, 1.82) is 0 Å². The molecule has 0 unspecified atom stereocenters. The smallest absolute Gasteiger partial charge is 0.339 e. The van der Waals surface area contributed by atoms with E-state index in [9.17, 15) is 17.6 Å². The van der Waals surface area contributed by atoms with Crippen molar-refractivity contribution in [3.8, 4) is 11.5 Å². The second-order valence-corrected chi connectivity index (χ2v) is 8.05. The lowest BCUT2D eigenvalue weighted by atomic mass is 10.1. The van der Waals surface area contributed by atoms with Gasteiger partial charge in [0.05, 0.1) is 5.56 Å². The Morgan fingerprint density at radius 1 is 1.00 bits per heavy atom. The van der Waals surface area contributed by atoms with Crippen LogP contribution in [0.1, 0.15) is 21.5 Å². The predicted octanol–water partition coefficient (Wildman–Crippen LogP) is 4.52. The first kappa shape index (κ1) is 18.9. The highest BCUT2D eigenvalue weighted by atomic mass is 32.2. The first-order valence-electron chi connectivity index (χ1n) is 8.67. The van der Waals surface area contributed by atoms with Gasteiger partial charge in [-0.1, -0.05) is 29.8 Å². The molecule has 1 aliphatic heterocycles. The number of aryl methyl sites for hydroxylation is 1. The topological polar surface area (TPSA) is 69.7 Å². The largest absolute Gasteiger partial charge is 0.452 e. The zero-order valence-electron chi connectivity index (χ0n) is 15.3. The number of hydrogen-bond acceptors (Lipinski definition) is 5. The molecular formula is C22H15FO5S. The molecule has 1 aliphatic rings. The SMILES string of the molecule is Cc1ccc(S(=O)(=O)Oc2ccc3c(c2)OC(=Cc2cccc(F)c2)C3=O)cc1. The van der Waals surface area contributed by atoms with Crippen LogP contribution in [0, 0.1) is 12.7 Å². The van der Waals surface area contributed by atoms with Gasteiger partial charge >= 0.3 is 10.1 Å². The van der Waals surface area contributed by atoms with Gasteiger partial charge in [0.25, 0.3) is 0 Å².